The molecule has 0 unspecified atom stereocenters. The molecule has 100 valence electrons. The van der Waals surface area contributed by atoms with E-state index in [1.165, 1.54) is 0 Å². The first-order valence-corrected chi connectivity index (χ1v) is 6.08. The number of carbonyl (C=O) groups is 1. The fraction of sp³-hybridized carbons (Fsp3) is 0.533. The molecule has 0 fully saturated rings. The van der Waals surface area contributed by atoms with Crippen molar-refractivity contribution in [1.29, 1.82) is 0 Å². The summed E-state index contributed by atoms with van der Waals surface area (Å²) in [6.45, 7) is 12.5. The van der Waals surface area contributed by atoms with Crippen LogP contribution in [0.3, 0.4) is 0 Å². The van der Waals surface area contributed by atoms with Crippen LogP contribution in [0.15, 0.2) is 18.2 Å². The Balaban J connectivity index is 3.61. The quantitative estimate of drug-likeness (QED) is 0.607. The number of hydrogen-bond acceptors (Lipinski definition) is 3. The largest absolute Gasteiger partial charge is 0.373 e. The van der Waals surface area contributed by atoms with Gasteiger partial charge < -0.3 is 0 Å². The van der Waals surface area contributed by atoms with Crippen molar-refractivity contribution in [1.82, 2.24) is 0 Å². The van der Waals surface area contributed by atoms with Crippen molar-refractivity contribution in [2.45, 2.75) is 52.4 Å². The molecule has 18 heavy (non-hydrogen) atoms. The zero-order valence-electron chi connectivity index (χ0n) is 12.0. The van der Waals surface area contributed by atoms with Crippen LogP contribution in [0.2, 0.25) is 0 Å². The normalized spacial score (nSPS) is 12.4. The van der Waals surface area contributed by atoms with Gasteiger partial charge in [-0.05, 0) is 28.0 Å². The summed E-state index contributed by atoms with van der Waals surface area (Å²) in [6.07, 6.45) is 0. The zero-order chi connectivity index (χ0) is 14.1. The molecule has 3 heteroatoms. The number of benzene rings is 1. The first-order chi connectivity index (χ1) is 8.09. The summed E-state index contributed by atoms with van der Waals surface area (Å²) in [7, 11) is 0. The van der Waals surface area contributed by atoms with Crippen LogP contribution in [0.1, 0.15) is 63.0 Å². The van der Waals surface area contributed by atoms with Crippen LogP contribution < -0.4 is 0 Å². The molecule has 0 radical (unpaired) electrons. The molecular formula is C15H22O3. The maximum absolute atomic E-state index is 11.7. The summed E-state index contributed by atoms with van der Waals surface area (Å²) >= 11 is 0. The third-order valence-electron chi connectivity index (χ3n) is 2.93. The third kappa shape index (κ3) is 2.91. The predicted octanol–water partition coefficient (Wildman–Crippen LogP) is 3.91. The highest BCUT2D eigenvalue weighted by Gasteiger charge is 2.30. The molecular weight excluding hydrogens is 228 g/mol. The van der Waals surface area contributed by atoms with Gasteiger partial charge >= 0.3 is 5.97 Å². The molecule has 1 aromatic carbocycles. The van der Waals surface area contributed by atoms with Crippen molar-refractivity contribution in [3.05, 3.63) is 34.9 Å². The van der Waals surface area contributed by atoms with Crippen LogP contribution in [-0.4, -0.2) is 11.2 Å². The third-order valence-corrected chi connectivity index (χ3v) is 2.93. The molecule has 3 nitrogen and oxygen atoms in total. The average Bonchev–Trinajstić information content (AvgIpc) is 2.24. The van der Waals surface area contributed by atoms with Gasteiger partial charge in [0.15, 0.2) is 0 Å². The Labute approximate surface area is 109 Å². The van der Waals surface area contributed by atoms with Crippen molar-refractivity contribution < 1.29 is 14.9 Å². The summed E-state index contributed by atoms with van der Waals surface area (Å²) in [5.74, 6) is -0.703. The highest BCUT2D eigenvalue weighted by atomic mass is 17.1. The number of carbonyl (C=O) groups excluding carboxylic acids is 1. The molecule has 0 spiro atoms. The molecule has 0 aliphatic heterocycles. The van der Waals surface area contributed by atoms with Crippen molar-refractivity contribution in [2.24, 2.45) is 0 Å². The summed E-state index contributed by atoms with van der Waals surface area (Å²) in [4.78, 5) is 15.6. The lowest BCUT2D eigenvalue weighted by Crippen LogP contribution is -2.25. The number of rotatable bonds is 1. The Morgan fingerprint density at radius 1 is 1.06 bits per heavy atom. The summed E-state index contributed by atoms with van der Waals surface area (Å²) in [6, 6.07) is 5.53. The van der Waals surface area contributed by atoms with Crippen molar-refractivity contribution in [3.8, 4) is 0 Å². The molecule has 0 amide bonds. The monoisotopic (exact) mass is 250 g/mol. The molecule has 0 heterocycles. The van der Waals surface area contributed by atoms with E-state index in [0.717, 1.165) is 11.1 Å². The van der Waals surface area contributed by atoms with Crippen LogP contribution in [0.25, 0.3) is 0 Å². The molecule has 0 aliphatic rings. The van der Waals surface area contributed by atoms with E-state index in [1.807, 2.05) is 32.9 Å². The molecule has 0 aliphatic carbocycles. The fourth-order valence-electron chi connectivity index (χ4n) is 2.20. The lowest BCUT2D eigenvalue weighted by Gasteiger charge is -2.31. The molecule has 1 rings (SSSR count). The van der Waals surface area contributed by atoms with Gasteiger partial charge in [0, 0.05) is 0 Å². The van der Waals surface area contributed by atoms with Crippen molar-refractivity contribution in [2.75, 3.05) is 0 Å². The Morgan fingerprint density at radius 3 is 2.00 bits per heavy atom. The van der Waals surface area contributed by atoms with Gasteiger partial charge in [0.2, 0.25) is 0 Å². The summed E-state index contributed by atoms with van der Waals surface area (Å²) < 4.78 is 0. The minimum absolute atomic E-state index is 0.0750. The molecule has 1 N–H and O–H groups in total. The van der Waals surface area contributed by atoms with Crippen LogP contribution in [0, 0.1) is 0 Å². The lowest BCUT2D eigenvalue weighted by atomic mass is 9.73. The predicted molar refractivity (Wildman–Crippen MR) is 71.9 cm³/mol. The molecule has 1 aromatic rings. The molecule has 0 aromatic heterocycles. The lowest BCUT2D eigenvalue weighted by molar-refractivity contribution is -0.182. The Morgan fingerprint density at radius 2 is 1.61 bits per heavy atom. The van der Waals surface area contributed by atoms with E-state index in [4.69, 9.17) is 5.26 Å². The Bertz CT molecular complexity index is 448. The van der Waals surface area contributed by atoms with E-state index in [-0.39, 0.29) is 10.8 Å². The van der Waals surface area contributed by atoms with E-state index in [1.54, 1.807) is 6.07 Å². The molecule has 0 atom stereocenters. The topological polar surface area (TPSA) is 46.5 Å². The zero-order valence-corrected chi connectivity index (χ0v) is 12.0. The van der Waals surface area contributed by atoms with Gasteiger partial charge in [0.25, 0.3) is 0 Å². The first kappa shape index (κ1) is 14.7. The van der Waals surface area contributed by atoms with Gasteiger partial charge in [-0.3, -0.25) is 4.89 Å². The maximum atomic E-state index is 11.7. The van der Waals surface area contributed by atoms with Crippen LogP contribution in [-0.2, 0) is 15.7 Å². The first-order valence-electron chi connectivity index (χ1n) is 6.08. The molecule has 0 saturated carbocycles. The SMILES string of the molecule is CC(C)(C)c1cccc(C(=O)OO)c1C(C)(C)C. The van der Waals surface area contributed by atoms with Gasteiger partial charge in [-0.25, -0.2) is 4.79 Å². The number of hydrogen-bond donors (Lipinski definition) is 1. The van der Waals surface area contributed by atoms with E-state index in [9.17, 15) is 4.79 Å². The van der Waals surface area contributed by atoms with Gasteiger partial charge in [-0.1, -0.05) is 53.7 Å². The Kier molecular flexibility index (Phi) is 3.86. The van der Waals surface area contributed by atoms with Crippen LogP contribution in [0.5, 0.6) is 0 Å². The van der Waals surface area contributed by atoms with Crippen LogP contribution in [0.4, 0.5) is 0 Å². The van der Waals surface area contributed by atoms with Gasteiger partial charge in [0.05, 0.1) is 5.56 Å². The van der Waals surface area contributed by atoms with E-state index in [0.29, 0.717) is 5.56 Å². The average molecular weight is 250 g/mol. The fourth-order valence-corrected chi connectivity index (χ4v) is 2.20. The van der Waals surface area contributed by atoms with E-state index in [2.05, 4.69) is 25.7 Å². The second-order valence-electron chi connectivity index (χ2n) is 6.61. The van der Waals surface area contributed by atoms with Crippen molar-refractivity contribution in [3.63, 3.8) is 0 Å². The van der Waals surface area contributed by atoms with Gasteiger partial charge in [-0.15, -0.1) is 0 Å². The molecule has 0 saturated heterocycles. The van der Waals surface area contributed by atoms with Crippen molar-refractivity contribution >= 4 is 5.97 Å². The van der Waals surface area contributed by atoms with E-state index < -0.39 is 5.97 Å². The standard InChI is InChI=1S/C15H22O3/c1-14(2,3)11-9-7-8-10(13(16)18-17)12(11)15(4,5)6/h7-9,17H,1-6H3. The minimum atomic E-state index is -0.703. The van der Waals surface area contributed by atoms with Crippen LogP contribution >= 0.6 is 0 Å². The smallest absolute Gasteiger partial charge is 0.295 e. The summed E-state index contributed by atoms with van der Waals surface area (Å²) in [5, 5.41) is 8.62. The van der Waals surface area contributed by atoms with Gasteiger partial charge in [0.1, 0.15) is 0 Å². The summed E-state index contributed by atoms with van der Waals surface area (Å²) in [5.41, 5.74) is 2.17. The van der Waals surface area contributed by atoms with E-state index >= 15 is 0 Å². The highest BCUT2D eigenvalue weighted by Crippen LogP contribution is 2.36. The second-order valence-corrected chi connectivity index (χ2v) is 6.61. The highest BCUT2D eigenvalue weighted by molar-refractivity contribution is 5.91. The Hall–Kier alpha value is -1.35. The maximum Gasteiger partial charge on any atom is 0.373 e. The minimum Gasteiger partial charge on any atom is -0.295 e. The van der Waals surface area contributed by atoms with Gasteiger partial charge in [-0.2, -0.15) is 5.26 Å². The molecule has 0 bridgehead atoms. The second kappa shape index (κ2) is 4.73.